The molecule has 10 nitrogen and oxygen atoms in total. The summed E-state index contributed by atoms with van der Waals surface area (Å²) in [6, 6.07) is 10.7. The van der Waals surface area contributed by atoms with Gasteiger partial charge in [-0.25, -0.2) is 9.79 Å². The zero-order chi connectivity index (χ0) is 24.7. The van der Waals surface area contributed by atoms with E-state index in [-0.39, 0.29) is 0 Å². The van der Waals surface area contributed by atoms with Gasteiger partial charge in [0.2, 0.25) is 17.5 Å². The molecule has 11 heteroatoms. The first kappa shape index (κ1) is 24.8. The average Bonchev–Trinajstić information content (AvgIpc) is 3.31. The highest BCUT2D eigenvalue weighted by molar-refractivity contribution is 8.15. The maximum atomic E-state index is 11.9. The number of hydrogen-bond acceptors (Lipinski definition) is 10. The molecule has 1 aromatic heterocycles. The van der Waals surface area contributed by atoms with Gasteiger partial charge in [0.1, 0.15) is 10.8 Å². The van der Waals surface area contributed by atoms with E-state index in [0.29, 0.717) is 51.0 Å². The Balaban J connectivity index is 2.16. The number of benzene rings is 2. The Morgan fingerprint density at radius 2 is 1.65 bits per heavy atom. The largest absolute Gasteiger partial charge is 0.493 e. The number of hydrogen-bond donors (Lipinski definition) is 0. The van der Waals surface area contributed by atoms with Gasteiger partial charge >= 0.3 is 6.09 Å². The topological polar surface area (TPSA) is 118 Å². The smallest absolute Gasteiger partial charge is 0.434 e. The molecule has 0 aliphatic carbocycles. The van der Waals surface area contributed by atoms with Crippen molar-refractivity contribution in [1.82, 2.24) is 10.1 Å². The highest BCUT2D eigenvalue weighted by Gasteiger charge is 2.20. The maximum absolute atomic E-state index is 11.9. The SMILES string of the molecule is COC(=O)/N=C(SC)/C(=N/c1ccc(-c2noc(C)n2)cc1)c1cc(OC)c(OC)c(OC)c1. The third-order valence-electron chi connectivity index (χ3n) is 4.60. The number of thioether (sulfide) groups is 1. The summed E-state index contributed by atoms with van der Waals surface area (Å²) >= 11 is 1.25. The third-order valence-corrected chi connectivity index (χ3v) is 5.27. The Labute approximate surface area is 201 Å². The number of nitrogens with zero attached hydrogens (tertiary/aromatic N) is 4. The van der Waals surface area contributed by atoms with Crippen LogP contribution in [0.25, 0.3) is 11.4 Å². The second kappa shape index (κ2) is 11.3. The first-order valence-corrected chi connectivity index (χ1v) is 11.2. The molecule has 0 radical (unpaired) electrons. The summed E-state index contributed by atoms with van der Waals surface area (Å²) in [7, 11) is 5.83. The summed E-state index contributed by atoms with van der Waals surface area (Å²) in [5, 5.41) is 4.27. The zero-order valence-electron chi connectivity index (χ0n) is 19.6. The number of amides is 1. The molecule has 2 aromatic carbocycles. The van der Waals surface area contributed by atoms with Crippen LogP contribution in [0.2, 0.25) is 0 Å². The van der Waals surface area contributed by atoms with Crippen LogP contribution in [0.3, 0.4) is 0 Å². The van der Waals surface area contributed by atoms with E-state index in [1.54, 1.807) is 37.4 Å². The lowest BCUT2D eigenvalue weighted by Gasteiger charge is -2.15. The highest BCUT2D eigenvalue weighted by atomic mass is 32.2. The number of carbonyl (C=O) groups is 1. The molecule has 3 rings (SSSR count). The second-order valence-corrected chi connectivity index (χ2v) is 7.44. The van der Waals surface area contributed by atoms with Gasteiger partial charge in [0, 0.05) is 18.1 Å². The average molecular weight is 485 g/mol. The van der Waals surface area contributed by atoms with Crippen molar-refractivity contribution in [3.8, 4) is 28.6 Å². The lowest BCUT2D eigenvalue weighted by Crippen LogP contribution is -2.15. The summed E-state index contributed by atoms with van der Waals surface area (Å²) < 4.78 is 26.1. The normalized spacial score (nSPS) is 11.8. The maximum Gasteiger partial charge on any atom is 0.434 e. The predicted molar refractivity (Wildman–Crippen MR) is 130 cm³/mol. The van der Waals surface area contributed by atoms with Gasteiger partial charge in [0.05, 0.1) is 34.1 Å². The predicted octanol–water partition coefficient (Wildman–Crippen LogP) is 4.72. The van der Waals surface area contributed by atoms with Crippen molar-refractivity contribution in [2.75, 3.05) is 34.7 Å². The van der Waals surface area contributed by atoms with Crippen LogP contribution in [-0.4, -0.2) is 61.7 Å². The van der Waals surface area contributed by atoms with E-state index in [1.807, 2.05) is 12.1 Å². The number of methoxy groups -OCH3 is 4. The summed E-state index contributed by atoms with van der Waals surface area (Å²) in [6.07, 6.45) is 1.05. The Kier molecular flexibility index (Phi) is 8.25. The van der Waals surface area contributed by atoms with E-state index in [4.69, 9.17) is 28.5 Å². The van der Waals surface area contributed by atoms with Gasteiger partial charge in [0.15, 0.2) is 11.5 Å². The number of ether oxygens (including phenoxy) is 4. The van der Waals surface area contributed by atoms with Crippen LogP contribution in [0.5, 0.6) is 17.2 Å². The van der Waals surface area contributed by atoms with Crippen molar-refractivity contribution in [1.29, 1.82) is 0 Å². The van der Waals surface area contributed by atoms with Crippen LogP contribution in [-0.2, 0) is 4.74 Å². The van der Waals surface area contributed by atoms with Crippen molar-refractivity contribution < 1.29 is 28.3 Å². The third kappa shape index (κ3) is 5.54. The van der Waals surface area contributed by atoms with E-state index in [2.05, 4.69) is 15.1 Å². The number of rotatable bonds is 7. The minimum Gasteiger partial charge on any atom is -0.493 e. The fourth-order valence-corrected chi connectivity index (χ4v) is 3.53. The van der Waals surface area contributed by atoms with E-state index >= 15 is 0 Å². The molecule has 0 aliphatic heterocycles. The molecule has 0 atom stereocenters. The fraction of sp³-hybridized carbons (Fsp3) is 0.261. The zero-order valence-corrected chi connectivity index (χ0v) is 20.4. The quantitative estimate of drug-likeness (QED) is 0.347. The van der Waals surface area contributed by atoms with Gasteiger partial charge < -0.3 is 23.5 Å². The van der Waals surface area contributed by atoms with Crippen LogP contribution in [0, 0.1) is 6.92 Å². The molecule has 178 valence electrons. The van der Waals surface area contributed by atoms with E-state index in [1.165, 1.54) is 40.2 Å². The van der Waals surface area contributed by atoms with Crippen LogP contribution < -0.4 is 14.2 Å². The molecule has 3 aromatic rings. The Hall–Kier alpha value is -3.86. The molecule has 0 unspecified atom stereocenters. The number of aromatic nitrogens is 2. The van der Waals surface area contributed by atoms with E-state index < -0.39 is 6.09 Å². The lowest BCUT2D eigenvalue weighted by atomic mass is 10.1. The first-order chi connectivity index (χ1) is 16.4. The fourth-order valence-electron chi connectivity index (χ4n) is 3.01. The minimum atomic E-state index is -0.743. The molecule has 1 heterocycles. The van der Waals surface area contributed by atoms with Gasteiger partial charge in [-0.15, -0.1) is 11.8 Å². The van der Waals surface area contributed by atoms with Crippen molar-refractivity contribution in [3.05, 3.63) is 47.9 Å². The van der Waals surface area contributed by atoms with Gasteiger partial charge in [0.25, 0.3) is 0 Å². The molecule has 0 N–H and O–H groups in total. The molecule has 0 saturated carbocycles. The Morgan fingerprint density at radius 1 is 1.00 bits per heavy atom. The van der Waals surface area contributed by atoms with Crippen molar-refractivity contribution >= 4 is 34.3 Å². The van der Waals surface area contributed by atoms with Gasteiger partial charge in [-0.05, 0) is 42.7 Å². The van der Waals surface area contributed by atoms with Crippen LogP contribution in [0.4, 0.5) is 10.5 Å². The number of aliphatic imine (C=N–C) groups is 2. The van der Waals surface area contributed by atoms with Crippen molar-refractivity contribution in [2.24, 2.45) is 9.98 Å². The summed E-state index contributed by atoms with van der Waals surface area (Å²) in [6.45, 7) is 1.73. The summed E-state index contributed by atoms with van der Waals surface area (Å²) in [5.41, 5.74) is 2.41. The molecule has 0 bridgehead atoms. The molecule has 0 aliphatic rings. The lowest BCUT2D eigenvalue weighted by molar-refractivity contribution is 0.183. The van der Waals surface area contributed by atoms with E-state index in [9.17, 15) is 4.79 Å². The number of aryl methyl sites for hydroxylation is 1. The van der Waals surface area contributed by atoms with Gasteiger partial charge in [-0.2, -0.15) is 9.98 Å². The molecule has 0 spiro atoms. The monoisotopic (exact) mass is 484 g/mol. The van der Waals surface area contributed by atoms with Gasteiger partial charge in [-0.1, -0.05) is 5.16 Å². The number of carbonyl (C=O) groups excluding carboxylic acids is 1. The Bertz CT molecular complexity index is 1200. The molecule has 0 fully saturated rings. The molecule has 0 saturated heterocycles. The van der Waals surface area contributed by atoms with Crippen LogP contribution in [0.1, 0.15) is 11.5 Å². The van der Waals surface area contributed by atoms with Gasteiger partial charge in [-0.3, -0.25) is 0 Å². The van der Waals surface area contributed by atoms with Crippen LogP contribution in [0.15, 0.2) is 50.9 Å². The molecule has 34 heavy (non-hydrogen) atoms. The van der Waals surface area contributed by atoms with E-state index in [0.717, 1.165) is 5.56 Å². The second-order valence-electron chi connectivity index (χ2n) is 6.65. The highest BCUT2D eigenvalue weighted by Crippen LogP contribution is 2.39. The van der Waals surface area contributed by atoms with Crippen LogP contribution >= 0.6 is 11.8 Å². The summed E-state index contributed by atoms with van der Waals surface area (Å²) in [5.74, 6) is 2.26. The molecule has 1 amide bonds. The van der Waals surface area contributed by atoms with Crippen molar-refractivity contribution in [2.45, 2.75) is 6.92 Å². The Morgan fingerprint density at radius 3 is 2.12 bits per heavy atom. The van der Waals surface area contributed by atoms with Crippen molar-refractivity contribution in [3.63, 3.8) is 0 Å². The standard InChI is InChI=1S/C23H24N4O6S/c1-13-24-21(27-33-13)14-7-9-16(10-8-14)25-19(22(34-6)26-23(28)32-5)15-11-17(29-2)20(31-4)18(12-15)30-3/h7-12H,1-6H3/b25-19+,26-22-. The molecular weight excluding hydrogens is 460 g/mol. The first-order valence-electron chi connectivity index (χ1n) is 9.94. The minimum absolute atomic E-state index is 0.346. The molecular formula is C23H24N4O6S. The summed E-state index contributed by atoms with van der Waals surface area (Å²) in [4.78, 5) is 25.0.